The lowest BCUT2D eigenvalue weighted by Gasteiger charge is -2.11. The molecule has 2 unspecified atom stereocenters. The first-order valence-corrected chi connectivity index (χ1v) is 5.40. The van der Waals surface area contributed by atoms with Crippen LogP contribution in [0.15, 0.2) is 37.0 Å². The van der Waals surface area contributed by atoms with E-state index in [2.05, 4.69) is 13.2 Å². The van der Waals surface area contributed by atoms with Crippen LogP contribution >= 0.6 is 0 Å². The molecule has 2 atom stereocenters. The van der Waals surface area contributed by atoms with Gasteiger partial charge in [-0.2, -0.15) is 0 Å². The van der Waals surface area contributed by atoms with E-state index in [0.29, 0.717) is 12.0 Å². The summed E-state index contributed by atoms with van der Waals surface area (Å²) in [6, 6.07) is 0. The Hall–Kier alpha value is -0.860. The molecule has 0 N–H and O–H groups in total. The zero-order chi connectivity index (χ0) is 10.7. The first-order valence-electron chi connectivity index (χ1n) is 5.40. The van der Waals surface area contributed by atoms with E-state index in [1.165, 1.54) is 6.42 Å². The van der Waals surface area contributed by atoms with Gasteiger partial charge in [0.25, 0.3) is 0 Å². The molecule has 0 aromatic carbocycles. The lowest BCUT2D eigenvalue weighted by atomic mass is 10.1. The lowest BCUT2D eigenvalue weighted by Crippen LogP contribution is -2.15. The Morgan fingerprint density at radius 3 is 2.93 bits per heavy atom. The monoisotopic (exact) mass is 206 g/mol. The summed E-state index contributed by atoms with van der Waals surface area (Å²) in [4.78, 5) is 0. The van der Waals surface area contributed by atoms with Crippen molar-refractivity contribution in [2.24, 2.45) is 11.3 Å². The summed E-state index contributed by atoms with van der Waals surface area (Å²) < 4.78 is 11.1. The highest BCUT2D eigenvalue weighted by atomic mass is 16.5. The van der Waals surface area contributed by atoms with Crippen LogP contribution in [0.2, 0.25) is 0 Å². The van der Waals surface area contributed by atoms with Gasteiger partial charge in [0, 0.05) is 5.41 Å². The molecule has 82 valence electrons. The summed E-state index contributed by atoms with van der Waals surface area (Å²) in [5.41, 5.74) is 1.44. The molecule has 2 aliphatic rings. The quantitative estimate of drug-likeness (QED) is 0.621. The maximum atomic E-state index is 5.70. The molecule has 0 amide bonds. The highest BCUT2D eigenvalue weighted by Crippen LogP contribution is 2.56. The fraction of sp³-hybridized carbons (Fsp3) is 0.538. The topological polar surface area (TPSA) is 18.5 Å². The molecule has 2 heteroatoms. The first kappa shape index (κ1) is 10.7. The van der Waals surface area contributed by atoms with Gasteiger partial charge in [0.2, 0.25) is 0 Å². The van der Waals surface area contributed by atoms with Gasteiger partial charge in [-0.15, -0.1) is 0 Å². The van der Waals surface area contributed by atoms with Crippen LogP contribution in [0, 0.1) is 11.3 Å². The molecule has 2 rings (SSSR count). The Kier molecular flexibility index (Phi) is 3.08. The average Bonchev–Trinajstić information content (AvgIpc) is 2.79. The molecule has 15 heavy (non-hydrogen) atoms. The van der Waals surface area contributed by atoms with E-state index < -0.39 is 0 Å². The van der Waals surface area contributed by atoms with Crippen molar-refractivity contribution in [3.8, 4) is 0 Å². The summed E-state index contributed by atoms with van der Waals surface area (Å²) in [6.07, 6.45) is 6.79. The molecule has 0 aromatic rings. The van der Waals surface area contributed by atoms with Gasteiger partial charge >= 0.3 is 0 Å². The number of rotatable bonds is 6. The van der Waals surface area contributed by atoms with Gasteiger partial charge in [-0.3, -0.25) is 0 Å². The van der Waals surface area contributed by atoms with Crippen molar-refractivity contribution in [3.63, 3.8) is 0 Å². The van der Waals surface area contributed by atoms with Crippen LogP contribution < -0.4 is 0 Å². The second-order valence-corrected chi connectivity index (χ2v) is 4.45. The second-order valence-electron chi connectivity index (χ2n) is 4.45. The zero-order valence-electron chi connectivity index (χ0n) is 9.08. The highest BCUT2D eigenvalue weighted by molar-refractivity contribution is 5.21. The molecule has 0 aromatic heterocycles. The largest absolute Gasteiger partial charge is 0.380 e. The van der Waals surface area contributed by atoms with Crippen molar-refractivity contribution in [3.05, 3.63) is 37.0 Å². The highest BCUT2D eigenvalue weighted by Gasteiger charge is 2.58. The van der Waals surface area contributed by atoms with Crippen LogP contribution in [0.4, 0.5) is 0 Å². The maximum absolute atomic E-state index is 5.70. The molecule has 1 saturated carbocycles. The lowest BCUT2D eigenvalue weighted by molar-refractivity contribution is 0.0759. The van der Waals surface area contributed by atoms with Crippen molar-refractivity contribution in [1.82, 2.24) is 0 Å². The summed E-state index contributed by atoms with van der Waals surface area (Å²) in [5, 5.41) is 0. The minimum absolute atomic E-state index is 0.362. The van der Waals surface area contributed by atoms with Crippen molar-refractivity contribution < 1.29 is 9.47 Å². The van der Waals surface area contributed by atoms with Crippen molar-refractivity contribution in [1.29, 1.82) is 0 Å². The number of hydrogen-bond acceptors (Lipinski definition) is 2. The van der Waals surface area contributed by atoms with Crippen LogP contribution in [0.5, 0.6) is 0 Å². The van der Waals surface area contributed by atoms with Gasteiger partial charge in [-0.1, -0.05) is 31.4 Å². The normalized spacial score (nSPS) is 33.6. The summed E-state index contributed by atoms with van der Waals surface area (Å²) >= 11 is 0. The molecule has 0 spiro atoms. The van der Waals surface area contributed by atoms with Crippen LogP contribution in [0.3, 0.4) is 0 Å². The molecule has 1 aliphatic carbocycles. The standard InChI is InChI=1S/C13H18O2/c1-3-5-11(4-2)7-14-9-13-6-12(13)8-15-10-13/h3-5,12H,1-2,6-10H2/b11-5+. The molecule has 1 aliphatic heterocycles. The fourth-order valence-corrected chi connectivity index (χ4v) is 2.17. The molecule has 0 bridgehead atoms. The van der Waals surface area contributed by atoms with Crippen LogP contribution in [0.1, 0.15) is 6.42 Å². The molecule has 1 saturated heterocycles. The Bertz CT molecular complexity index is 293. The van der Waals surface area contributed by atoms with Gasteiger partial charge in [-0.25, -0.2) is 0 Å². The fourth-order valence-electron chi connectivity index (χ4n) is 2.17. The minimum atomic E-state index is 0.362. The van der Waals surface area contributed by atoms with Gasteiger partial charge in [-0.05, 0) is 17.9 Å². The molecular weight excluding hydrogens is 188 g/mol. The molecule has 1 heterocycles. The Morgan fingerprint density at radius 2 is 2.40 bits per heavy atom. The molecule has 0 radical (unpaired) electrons. The minimum Gasteiger partial charge on any atom is -0.380 e. The van der Waals surface area contributed by atoms with E-state index in [1.54, 1.807) is 6.08 Å². The van der Waals surface area contributed by atoms with Gasteiger partial charge in [0.05, 0.1) is 26.4 Å². The van der Waals surface area contributed by atoms with E-state index in [1.807, 2.05) is 12.2 Å². The first-order chi connectivity index (χ1) is 7.30. The predicted molar refractivity (Wildman–Crippen MR) is 60.7 cm³/mol. The Morgan fingerprint density at radius 1 is 1.53 bits per heavy atom. The Balaban J connectivity index is 1.73. The van der Waals surface area contributed by atoms with Crippen LogP contribution in [-0.4, -0.2) is 26.4 Å². The van der Waals surface area contributed by atoms with Crippen LogP contribution in [0.25, 0.3) is 0 Å². The second kappa shape index (κ2) is 4.33. The third-order valence-corrected chi connectivity index (χ3v) is 3.32. The van der Waals surface area contributed by atoms with E-state index >= 15 is 0 Å². The summed E-state index contributed by atoms with van der Waals surface area (Å²) in [5.74, 6) is 0.757. The predicted octanol–water partition coefficient (Wildman–Crippen LogP) is 2.34. The zero-order valence-corrected chi connectivity index (χ0v) is 9.08. The maximum Gasteiger partial charge on any atom is 0.0716 e. The number of hydrogen-bond donors (Lipinski definition) is 0. The summed E-state index contributed by atoms with van der Waals surface area (Å²) in [6.45, 7) is 10.7. The Labute approximate surface area is 91.3 Å². The average molecular weight is 206 g/mol. The number of fused-ring (bicyclic) bond motifs is 1. The van der Waals surface area contributed by atoms with E-state index in [9.17, 15) is 0 Å². The van der Waals surface area contributed by atoms with Gasteiger partial charge in [0.1, 0.15) is 0 Å². The molecule has 2 nitrogen and oxygen atoms in total. The third kappa shape index (κ3) is 2.21. The van der Waals surface area contributed by atoms with Crippen molar-refractivity contribution in [2.45, 2.75) is 6.42 Å². The van der Waals surface area contributed by atoms with E-state index in [4.69, 9.17) is 9.47 Å². The van der Waals surface area contributed by atoms with Gasteiger partial charge in [0.15, 0.2) is 0 Å². The third-order valence-electron chi connectivity index (χ3n) is 3.32. The summed E-state index contributed by atoms with van der Waals surface area (Å²) in [7, 11) is 0. The molecule has 2 fully saturated rings. The number of allylic oxidation sites excluding steroid dienone is 2. The van der Waals surface area contributed by atoms with Crippen molar-refractivity contribution >= 4 is 0 Å². The van der Waals surface area contributed by atoms with Gasteiger partial charge < -0.3 is 9.47 Å². The van der Waals surface area contributed by atoms with Crippen LogP contribution in [-0.2, 0) is 9.47 Å². The SMILES string of the molecule is C=C/C=C(\C=C)COCC12COCC1C2. The van der Waals surface area contributed by atoms with E-state index in [0.717, 1.165) is 31.3 Å². The molecular formula is C13H18O2. The number of ether oxygens (including phenoxy) is 2. The smallest absolute Gasteiger partial charge is 0.0716 e. The van der Waals surface area contributed by atoms with E-state index in [-0.39, 0.29) is 0 Å². The van der Waals surface area contributed by atoms with Crippen molar-refractivity contribution in [2.75, 3.05) is 26.4 Å².